The van der Waals surface area contributed by atoms with Gasteiger partial charge in [0, 0.05) is 0 Å². The van der Waals surface area contributed by atoms with E-state index in [0.29, 0.717) is 17.8 Å². The van der Waals surface area contributed by atoms with Crippen molar-refractivity contribution in [3.8, 4) is 0 Å². The highest BCUT2D eigenvalue weighted by Crippen LogP contribution is 2.47. The van der Waals surface area contributed by atoms with Crippen molar-refractivity contribution < 1.29 is 9.53 Å². The molecular weight excluding hydrogens is 368 g/mol. The van der Waals surface area contributed by atoms with Crippen LogP contribution in [0.2, 0.25) is 0 Å². The van der Waals surface area contributed by atoms with Crippen LogP contribution in [0.5, 0.6) is 0 Å². The summed E-state index contributed by atoms with van der Waals surface area (Å²) in [5, 5.41) is 0. The van der Waals surface area contributed by atoms with Crippen LogP contribution in [0.1, 0.15) is 116 Å². The van der Waals surface area contributed by atoms with E-state index in [1.54, 1.807) is 0 Å². The summed E-state index contributed by atoms with van der Waals surface area (Å²) < 4.78 is 6.26. The molecule has 2 nitrogen and oxygen atoms in total. The molecule has 3 fully saturated rings. The summed E-state index contributed by atoms with van der Waals surface area (Å²) in [5.41, 5.74) is 0. The van der Waals surface area contributed by atoms with E-state index in [-0.39, 0.29) is 18.0 Å². The van der Waals surface area contributed by atoms with Gasteiger partial charge in [0.2, 0.25) is 0 Å². The lowest BCUT2D eigenvalue weighted by Crippen LogP contribution is -2.38. The fourth-order valence-corrected chi connectivity index (χ4v) is 7.38. The monoisotopic (exact) mass is 414 g/mol. The minimum absolute atomic E-state index is 0.139. The number of hydrogen-bond donors (Lipinski definition) is 0. The third-order valence-electron chi connectivity index (χ3n) is 9.13. The number of ether oxygens (including phenoxy) is 1. The van der Waals surface area contributed by atoms with Gasteiger partial charge in [-0.05, 0) is 74.5 Å². The minimum Gasteiger partial charge on any atom is -0.462 e. The Kier molecular flexibility index (Phi) is 8.35. The van der Waals surface area contributed by atoms with Crippen LogP contribution in [0, 0.1) is 35.5 Å². The summed E-state index contributed by atoms with van der Waals surface area (Å²) in [6.07, 6.45) is 27.2. The molecule has 0 saturated heterocycles. The predicted molar refractivity (Wildman–Crippen MR) is 124 cm³/mol. The molecule has 4 aliphatic rings. The average Bonchev–Trinajstić information content (AvgIpc) is 3.26. The van der Waals surface area contributed by atoms with Crippen molar-refractivity contribution in [2.24, 2.45) is 35.5 Å². The summed E-state index contributed by atoms with van der Waals surface area (Å²) in [4.78, 5) is 13.4. The second-order valence-corrected chi connectivity index (χ2v) is 11.1. The average molecular weight is 415 g/mol. The molecule has 0 amide bonds. The fraction of sp³-hybridized carbons (Fsp3) is 0.893. The first-order chi connectivity index (χ1) is 14.8. The van der Waals surface area contributed by atoms with Gasteiger partial charge in [0.15, 0.2) is 0 Å². The Bertz CT molecular complexity index is 553. The number of unbranched alkanes of at least 4 members (excludes halogenated alkanes) is 3. The van der Waals surface area contributed by atoms with Crippen LogP contribution in [-0.2, 0) is 9.53 Å². The highest BCUT2D eigenvalue weighted by atomic mass is 16.5. The fourth-order valence-electron chi connectivity index (χ4n) is 7.38. The first-order valence-electron chi connectivity index (χ1n) is 13.6. The highest BCUT2D eigenvalue weighted by Gasteiger charge is 2.44. The van der Waals surface area contributed by atoms with Crippen molar-refractivity contribution in [1.82, 2.24) is 0 Å². The van der Waals surface area contributed by atoms with E-state index < -0.39 is 0 Å². The number of hydrogen-bond acceptors (Lipinski definition) is 2. The lowest BCUT2D eigenvalue weighted by molar-refractivity contribution is -0.161. The highest BCUT2D eigenvalue weighted by molar-refractivity contribution is 5.74. The quantitative estimate of drug-likeness (QED) is 0.229. The zero-order chi connectivity index (χ0) is 20.8. The first-order valence-corrected chi connectivity index (χ1v) is 13.6. The molecule has 2 heteroatoms. The van der Waals surface area contributed by atoms with Crippen molar-refractivity contribution in [3.63, 3.8) is 0 Å². The van der Waals surface area contributed by atoms with Crippen LogP contribution in [0.3, 0.4) is 0 Å². The van der Waals surface area contributed by atoms with Crippen LogP contribution in [0.15, 0.2) is 12.2 Å². The van der Waals surface area contributed by atoms with Gasteiger partial charge >= 0.3 is 5.97 Å². The Morgan fingerprint density at radius 3 is 2.33 bits per heavy atom. The van der Waals surface area contributed by atoms with Crippen molar-refractivity contribution in [1.29, 1.82) is 0 Å². The Labute approximate surface area is 185 Å². The number of carbonyl (C=O) groups is 1. The number of carbonyl (C=O) groups excluding carboxylic acids is 1. The molecule has 30 heavy (non-hydrogen) atoms. The van der Waals surface area contributed by atoms with Crippen molar-refractivity contribution in [2.45, 2.75) is 122 Å². The van der Waals surface area contributed by atoms with E-state index in [1.165, 1.54) is 96.3 Å². The van der Waals surface area contributed by atoms with Gasteiger partial charge in [-0.1, -0.05) is 83.3 Å². The lowest BCUT2D eigenvalue weighted by Gasteiger charge is -2.38. The lowest BCUT2D eigenvalue weighted by atomic mass is 9.70. The molecule has 3 saturated carbocycles. The van der Waals surface area contributed by atoms with Gasteiger partial charge in [-0.3, -0.25) is 4.79 Å². The van der Waals surface area contributed by atoms with Gasteiger partial charge < -0.3 is 4.74 Å². The summed E-state index contributed by atoms with van der Waals surface area (Å²) >= 11 is 0. The normalized spacial score (nSPS) is 37.1. The molecule has 170 valence electrons. The van der Waals surface area contributed by atoms with Gasteiger partial charge in [0.25, 0.3) is 0 Å². The van der Waals surface area contributed by atoms with E-state index in [4.69, 9.17) is 4.74 Å². The third kappa shape index (κ3) is 5.52. The molecule has 0 bridgehead atoms. The van der Waals surface area contributed by atoms with E-state index in [0.717, 1.165) is 24.7 Å². The zero-order valence-corrected chi connectivity index (χ0v) is 19.5. The Balaban J connectivity index is 1.30. The molecule has 0 aromatic carbocycles. The number of esters is 1. The standard InChI is InChI=1S/C28H46O2/c1-2-3-4-6-12-24-16-15-23-13-9-14-26(23)27(24)28(29)30-25-19-17-22(18-20-25)21-10-7-5-8-11-21/h15-16,21-27H,2-14,17-20H2,1H3/t22?,23-,24-,25?,26-,27-/m1/s1. The van der Waals surface area contributed by atoms with Crippen LogP contribution in [-0.4, -0.2) is 12.1 Å². The van der Waals surface area contributed by atoms with E-state index in [1.807, 2.05) is 0 Å². The van der Waals surface area contributed by atoms with Gasteiger partial charge in [-0.2, -0.15) is 0 Å². The zero-order valence-electron chi connectivity index (χ0n) is 19.5. The molecule has 4 aliphatic carbocycles. The number of rotatable bonds is 8. The van der Waals surface area contributed by atoms with Crippen LogP contribution in [0.4, 0.5) is 0 Å². The Morgan fingerprint density at radius 2 is 1.57 bits per heavy atom. The van der Waals surface area contributed by atoms with Crippen molar-refractivity contribution in [2.75, 3.05) is 0 Å². The second kappa shape index (κ2) is 11.2. The summed E-state index contributed by atoms with van der Waals surface area (Å²) in [5.74, 6) is 3.79. The number of allylic oxidation sites excluding steroid dienone is 2. The molecule has 0 spiro atoms. The van der Waals surface area contributed by atoms with Gasteiger partial charge in [-0.25, -0.2) is 0 Å². The maximum atomic E-state index is 13.4. The third-order valence-corrected chi connectivity index (χ3v) is 9.13. The number of fused-ring (bicyclic) bond motifs is 1. The molecule has 4 rings (SSSR count). The Hall–Kier alpha value is -0.790. The topological polar surface area (TPSA) is 26.3 Å². The second-order valence-electron chi connectivity index (χ2n) is 11.1. The molecule has 0 aliphatic heterocycles. The minimum atomic E-state index is 0.139. The SMILES string of the molecule is CCCCCC[C@@H]1C=C[C@H]2CCC[C@H]2[C@@H]1C(=O)OC1CCC(C2CCCCC2)CC1. The molecule has 0 aromatic rings. The molecular formula is C28H46O2. The van der Waals surface area contributed by atoms with E-state index in [2.05, 4.69) is 19.1 Å². The smallest absolute Gasteiger partial charge is 0.310 e. The van der Waals surface area contributed by atoms with Crippen molar-refractivity contribution in [3.05, 3.63) is 12.2 Å². The van der Waals surface area contributed by atoms with Gasteiger partial charge in [0.1, 0.15) is 6.10 Å². The molecule has 0 aromatic heterocycles. The molecule has 0 heterocycles. The maximum Gasteiger partial charge on any atom is 0.310 e. The van der Waals surface area contributed by atoms with Gasteiger partial charge in [0.05, 0.1) is 5.92 Å². The Morgan fingerprint density at radius 1 is 0.800 bits per heavy atom. The first kappa shape index (κ1) is 22.4. The van der Waals surface area contributed by atoms with E-state index >= 15 is 0 Å². The van der Waals surface area contributed by atoms with Crippen LogP contribution in [0.25, 0.3) is 0 Å². The molecule has 0 unspecified atom stereocenters. The summed E-state index contributed by atoms with van der Waals surface area (Å²) in [7, 11) is 0. The molecule has 0 radical (unpaired) electrons. The van der Waals surface area contributed by atoms with Crippen LogP contribution < -0.4 is 0 Å². The maximum absolute atomic E-state index is 13.4. The largest absolute Gasteiger partial charge is 0.462 e. The van der Waals surface area contributed by atoms with E-state index in [9.17, 15) is 4.79 Å². The predicted octanol–water partition coefficient (Wildman–Crippen LogP) is 7.86. The van der Waals surface area contributed by atoms with Crippen LogP contribution >= 0.6 is 0 Å². The summed E-state index contributed by atoms with van der Waals surface area (Å²) in [6, 6.07) is 0. The van der Waals surface area contributed by atoms with Gasteiger partial charge in [-0.15, -0.1) is 0 Å². The molecule has 0 N–H and O–H groups in total. The summed E-state index contributed by atoms with van der Waals surface area (Å²) in [6.45, 7) is 2.27. The van der Waals surface area contributed by atoms with Crippen molar-refractivity contribution >= 4 is 5.97 Å². The molecule has 4 atom stereocenters.